The number of hydrogen-bond donors (Lipinski definition) is 2. The number of halogens is 4. The van der Waals surface area contributed by atoms with Crippen molar-refractivity contribution in [2.45, 2.75) is 19.5 Å². The number of methoxy groups -OCH3 is 1. The second kappa shape index (κ2) is 15.4. The molecule has 3 aromatic carbocycles. The van der Waals surface area contributed by atoms with Gasteiger partial charge >= 0.3 is 12.2 Å². The second-order valence-electron chi connectivity index (χ2n) is 9.13. The van der Waals surface area contributed by atoms with Crippen molar-refractivity contribution in [3.05, 3.63) is 71.5 Å². The molecule has 0 aliphatic heterocycles. The fraction of sp³-hybridized carbons (Fsp3) is 0.300. The number of alkyl halides is 3. The summed E-state index contributed by atoms with van der Waals surface area (Å²) in [5, 5.41) is 5.03. The zero-order chi connectivity index (χ0) is 31.5. The molecule has 4 rings (SSSR count). The van der Waals surface area contributed by atoms with Crippen LogP contribution in [0.4, 0.5) is 29.3 Å². The topological polar surface area (TPSA) is 113 Å². The number of hydrogen-bond acceptors (Lipinski definition) is 8. The van der Waals surface area contributed by atoms with Gasteiger partial charge in [-0.15, -0.1) is 0 Å². The largest absolute Gasteiger partial charge is 0.490 e. The first-order valence-corrected chi connectivity index (χ1v) is 13.9. The number of aromatic nitrogens is 2. The number of benzene rings is 3. The zero-order valence-electron chi connectivity index (χ0n) is 23.9. The minimum atomic E-state index is -4.66. The van der Waals surface area contributed by atoms with E-state index in [1.165, 1.54) is 12.4 Å². The van der Waals surface area contributed by atoms with Crippen LogP contribution < -0.4 is 24.8 Å². The number of carbonyl (C=O) groups is 1. The Kier molecular flexibility index (Phi) is 11.4. The Morgan fingerprint density at radius 2 is 1.59 bits per heavy atom. The number of anilines is 2. The molecule has 14 heteroatoms. The summed E-state index contributed by atoms with van der Waals surface area (Å²) in [5.41, 5.74) is -0.187. The van der Waals surface area contributed by atoms with Gasteiger partial charge in [0.15, 0.2) is 11.5 Å². The van der Waals surface area contributed by atoms with Crippen molar-refractivity contribution in [3.8, 4) is 23.1 Å². The number of urea groups is 1. The van der Waals surface area contributed by atoms with E-state index in [9.17, 15) is 18.0 Å². The number of ether oxygens (including phenoxy) is 5. The Morgan fingerprint density at radius 3 is 2.32 bits per heavy atom. The van der Waals surface area contributed by atoms with Crippen LogP contribution in [-0.4, -0.2) is 56.1 Å². The molecule has 4 aromatic rings. The molecule has 2 amide bonds. The highest BCUT2D eigenvalue weighted by Crippen LogP contribution is 2.37. The Morgan fingerprint density at radius 1 is 0.886 bits per heavy atom. The van der Waals surface area contributed by atoms with E-state index in [1.54, 1.807) is 43.5 Å². The van der Waals surface area contributed by atoms with Crippen molar-refractivity contribution < 1.29 is 41.7 Å². The summed E-state index contributed by atoms with van der Waals surface area (Å²) >= 11 is 5.64. The molecular formula is C30H30ClF3N4O6. The van der Waals surface area contributed by atoms with E-state index in [0.717, 1.165) is 12.1 Å². The lowest BCUT2D eigenvalue weighted by atomic mass is 10.2. The van der Waals surface area contributed by atoms with Gasteiger partial charge < -0.3 is 34.3 Å². The summed E-state index contributed by atoms with van der Waals surface area (Å²) in [6.45, 7) is 4.23. The molecule has 0 unspecified atom stereocenters. The summed E-state index contributed by atoms with van der Waals surface area (Å²) in [6, 6.07) is 12.2. The molecule has 0 radical (unpaired) electrons. The predicted molar refractivity (Wildman–Crippen MR) is 159 cm³/mol. The Bertz CT molecular complexity index is 1560. The molecule has 0 bridgehead atoms. The summed E-state index contributed by atoms with van der Waals surface area (Å²) in [6.07, 6.45) is -2.61. The molecule has 44 heavy (non-hydrogen) atoms. The summed E-state index contributed by atoms with van der Waals surface area (Å²) in [5.74, 6) is 1.65. The van der Waals surface area contributed by atoms with Gasteiger partial charge in [0.05, 0.1) is 34.7 Å². The van der Waals surface area contributed by atoms with Crippen LogP contribution in [0.2, 0.25) is 5.02 Å². The van der Waals surface area contributed by atoms with Crippen LogP contribution in [0, 0.1) is 0 Å². The zero-order valence-corrected chi connectivity index (χ0v) is 24.6. The summed E-state index contributed by atoms with van der Waals surface area (Å²) in [7, 11) is 1.58. The van der Waals surface area contributed by atoms with Crippen molar-refractivity contribution in [2.24, 2.45) is 0 Å². The first kappa shape index (κ1) is 32.6. The van der Waals surface area contributed by atoms with Gasteiger partial charge in [-0.3, -0.25) is 0 Å². The fourth-order valence-corrected chi connectivity index (χ4v) is 4.13. The van der Waals surface area contributed by atoms with Gasteiger partial charge in [0.25, 0.3) is 0 Å². The van der Waals surface area contributed by atoms with Crippen molar-refractivity contribution in [2.75, 3.05) is 50.8 Å². The van der Waals surface area contributed by atoms with Crippen LogP contribution in [0.3, 0.4) is 0 Å². The molecule has 0 aliphatic rings. The van der Waals surface area contributed by atoms with Crippen molar-refractivity contribution in [1.82, 2.24) is 9.97 Å². The number of rotatable bonds is 14. The Hall–Kier alpha value is -4.33. The highest BCUT2D eigenvalue weighted by atomic mass is 35.5. The Labute approximate surface area is 256 Å². The van der Waals surface area contributed by atoms with Crippen molar-refractivity contribution in [3.63, 3.8) is 0 Å². The van der Waals surface area contributed by atoms with Gasteiger partial charge in [0.1, 0.15) is 18.7 Å². The van der Waals surface area contributed by atoms with Crippen LogP contribution in [0.25, 0.3) is 10.9 Å². The van der Waals surface area contributed by atoms with Crippen LogP contribution in [0.15, 0.2) is 60.9 Å². The van der Waals surface area contributed by atoms with Gasteiger partial charge in [0.2, 0.25) is 5.88 Å². The van der Waals surface area contributed by atoms with E-state index in [1.807, 2.05) is 6.92 Å². The monoisotopic (exact) mass is 634 g/mol. The van der Waals surface area contributed by atoms with Crippen molar-refractivity contribution >= 4 is 39.9 Å². The lowest BCUT2D eigenvalue weighted by molar-refractivity contribution is -0.137. The minimum Gasteiger partial charge on any atom is -0.490 e. The molecule has 0 aliphatic carbocycles. The maximum absolute atomic E-state index is 13.1. The van der Waals surface area contributed by atoms with Gasteiger partial charge in [-0.1, -0.05) is 11.6 Å². The molecule has 234 valence electrons. The van der Waals surface area contributed by atoms with Gasteiger partial charge in [-0.05, 0) is 55.5 Å². The number of amides is 2. The highest BCUT2D eigenvalue weighted by molar-refractivity contribution is 6.31. The average molecular weight is 635 g/mol. The van der Waals surface area contributed by atoms with Crippen LogP contribution in [0.1, 0.15) is 18.9 Å². The van der Waals surface area contributed by atoms with E-state index in [0.29, 0.717) is 73.3 Å². The third-order valence-electron chi connectivity index (χ3n) is 5.96. The lowest BCUT2D eigenvalue weighted by Gasteiger charge is -2.15. The molecule has 0 saturated carbocycles. The second-order valence-corrected chi connectivity index (χ2v) is 9.54. The maximum Gasteiger partial charge on any atom is 0.417 e. The molecule has 0 saturated heterocycles. The fourth-order valence-electron chi connectivity index (χ4n) is 3.90. The summed E-state index contributed by atoms with van der Waals surface area (Å²) < 4.78 is 67.7. The van der Waals surface area contributed by atoms with Gasteiger partial charge in [0, 0.05) is 44.2 Å². The molecule has 1 heterocycles. The number of nitrogens with zero attached hydrogens (tertiary/aromatic N) is 2. The molecule has 0 atom stereocenters. The van der Waals surface area contributed by atoms with E-state index in [4.69, 9.17) is 35.3 Å². The summed E-state index contributed by atoms with van der Waals surface area (Å²) in [4.78, 5) is 21.0. The smallest absolute Gasteiger partial charge is 0.417 e. The predicted octanol–water partition coefficient (Wildman–Crippen LogP) is 7.57. The first-order chi connectivity index (χ1) is 21.2. The Balaban J connectivity index is 1.45. The molecule has 1 aromatic heterocycles. The van der Waals surface area contributed by atoms with E-state index in [-0.39, 0.29) is 11.6 Å². The number of fused-ring (bicyclic) bond motifs is 1. The number of nitrogens with one attached hydrogen (secondary N) is 2. The van der Waals surface area contributed by atoms with Gasteiger partial charge in [-0.2, -0.15) is 13.2 Å². The molecule has 0 spiro atoms. The molecule has 0 fully saturated rings. The first-order valence-electron chi connectivity index (χ1n) is 13.5. The van der Waals surface area contributed by atoms with E-state index in [2.05, 4.69) is 20.6 Å². The number of carbonyl (C=O) groups excluding carboxylic acids is 1. The maximum atomic E-state index is 13.1. The van der Waals surface area contributed by atoms with Crippen molar-refractivity contribution in [1.29, 1.82) is 0 Å². The minimum absolute atomic E-state index is 0.0697. The normalized spacial score (nSPS) is 11.3. The average Bonchev–Trinajstić information content (AvgIpc) is 2.99. The molecule has 10 nitrogen and oxygen atoms in total. The molecular weight excluding hydrogens is 605 g/mol. The quantitative estimate of drug-likeness (QED) is 0.137. The SMILES string of the molecule is CCOCCCOc1cc2c(Oc3ccc(NC(=O)Nc4ccc(Cl)c(C(F)(F)F)c4)cc3)ncnc2cc1OCCOC. The van der Waals surface area contributed by atoms with Crippen LogP contribution in [0.5, 0.6) is 23.1 Å². The van der Waals surface area contributed by atoms with E-state index >= 15 is 0 Å². The van der Waals surface area contributed by atoms with E-state index < -0.39 is 22.8 Å². The lowest BCUT2D eigenvalue weighted by Crippen LogP contribution is -2.19. The van der Waals surface area contributed by atoms with Crippen LogP contribution >= 0.6 is 11.6 Å². The van der Waals surface area contributed by atoms with Gasteiger partial charge in [-0.25, -0.2) is 14.8 Å². The molecule has 2 N–H and O–H groups in total. The highest BCUT2D eigenvalue weighted by Gasteiger charge is 2.33. The van der Waals surface area contributed by atoms with Crippen LogP contribution in [-0.2, 0) is 15.7 Å². The third-order valence-corrected chi connectivity index (χ3v) is 6.29. The standard InChI is InChI=1S/C30H30ClF3N4O6/c1-3-41-11-4-12-42-26-16-22-25(17-27(26)43-14-13-40-2)35-18-36-28(22)44-21-8-5-19(6-9-21)37-29(39)38-20-7-10-24(31)23(15-20)30(32,33)34/h5-10,15-18H,3-4,11-14H2,1-2H3,(H2,37,38,39). The third kappa shape index (κ3) is 9.09.